The number of aromatic amines is 1. The van der Waals surface area contributed by atoms with Crippen LogP contribution in [0.25, 0.3) is 10.9 Å². The Hall–Kier alpha value is -1.36. The van der Waals surface area contributed by atoms with Crippen LogP contribution in [-0.4, -0.2) is 9.55 Å². The Balaban J connectivity index is 1.98. The third kappa shape index (κ3) is 3.16. The standard InChI is InChI=1S/C18H23BrN2O2/c1-18(2,3)11-4-7-13(8-5-11)21-16(22)14-10-12(19)6-9-15(14)20-17(21)23/h6,9-11,13H,4-5,7-8H2,1-3H3,(H,20,23). The van der Waals surface area contributed by atoms with Crippen molar-refractivity contribution < 1.29 is 0 Å². The molecule has 0 atom stereocenters. The molecular formula is C18H23BrN2O2. The molecular weight excluding hydrogens is 356 g/mol. The molecule has 5 heteroatoms. The molecule has 0 aliphatic heterocycles. The van der Waals surface area contributed by atoms with E-state index >= 15 is 0 Å². The van der Waals surface area contributed by atoms with Crippen LogP contribution in [0, 0.1) is 11.3 Å². The van der Waals surface area contributed by atoms with Gasteiger partial charge in [0.05, 0.1) is 10.9 Å². The molecule has 1 saturated carbocycles. The summed E-state index contributed by atoms with van der Waals surface area (Å²) in [7, 11) is 0. The summed E-state index contributed by atoms with van der Waals surface area (Å²) in [6.07, 6.45) is 3.92. The van der Waals surface area contributed by atoms with Crippen LogP contribution >= 0.6 is 15.9 Å². The molecule has 124 valence electrons. The zero-order valence-electron chi connectivity index (χ0n) is 13.9. The lowest BCUT2D eigenvalue weighted by atomic mass is 9.71. The molecule has 3 rings (SSSR count). The number of benzene rings is 1. The summed E-state index contributed by atoms with van der Waals surface area (Å²) in [4.78, 5) is 28.1. The normalized spacial score (nSPS) is 22.4. The molecule has 1 aromatic carbocycles. The van der Waals surface area contributed by atoms with Crippen molar-refractivity contribution in [3.8, 4) is 0 Å². The highest BCUT2D eigenvalue weighted by Gasteiger charge is 2.31. The monoisotopic (exact) mass is 378 g/mol. The first-order valence-electron chi connectivity index (χ1n) is 8.21. The Kier molecular flexibility index (Phi) is 4.25. The van der Waals surface area contributed by atoms with Gasteiger partial charge in [0.25, 0.3) is 5.56 Å². The number of hydrogen-bond acceptors (Lipinski definition) is 2. The van der Waals surface area contributed by atoms with E-state index in [0.29, 0.717) is 16.8 Å². The van der Waals surface area contributed by atoms with E-state index in [1.54, 1.807) is 12.1 Å². The van der Waals surface area contributed by atoms with Crippen molar-refractivity contribution >= 4 is 26.8 Å². The average Bonchev–Trinajstić information content (AvgIpc) is 2.48. The molecule has 0 saturated heterocycles. The molecule has 0 bridgehead atoms. The number of nitrogens with one attached hydrogen (secondary N) is 1. The lowest BCUT2D eigenvalue weighted by Gasteiger charge is -2.37. The fourth-order valence-corrected chi connectivity index (χ4v) is 4.09. The fraction of sp³-hybridized carbons (Fsp3) is 0.556. The topological polar surface area (TPSA) is 54.9 Å². The van der Waals surface area contributed by atoms with Crippen LogP contribution in [0.1, 0.15) is 52.5 Å². The predicted octanol–water partition coefficient (Wildman–Crippen LogP) is 4.23. The Bertz CT molecular complexity index is 837. The minimum Gasteiger partial charge on any atom is -0.307 e. The molecule has 0 unspecified atom stereocenters. The van der Waals surface area contributed by atoms with E-state index in [9.17, 15) is 9.59 Å². The lowest BCUT2D eigenvalue weighted by Crippen LogP contribution is -2.40. The lowest BCUT2D eigenvalue weighted by molar-refractivity contribution is 0.149. The summed E-state index contributed by atoms with van der Waals surface area (Å²) >= 11 is 3.40. The largest absolute Gasteiger partial charge is 0.329 e. The summed E-state index contributed by atoms with van der Waals surface area (Å²) in [6, 6.07) is 5.39. The van der Waals surface area contributed by atoms with Crippen molar-refractivity contribution in [2.24, 2.45) is 11.3 Å². The number of H-pyrrole nitrogens is 1. The zero-order valence-corrected chi connectivity index (χ0v) is 15.4. The SMILES string of the molecule is CC(C)(C)C1CCC(n2c(=O)[nH]c3ccc(Br)cc3c2=O)CC1. The number of halogens is 1. The molecule has 1 heterocycles. The smallest absolute Gasteiger partial charge is 0.307 e. The molecule has 0 radical (unpaired) electrons. The summed E-state index contributed by atoms with van der Waals surface area (Å²) in [5, 5.41) is 0.567. The van der Waals surface area contributed by atoms with E-state index in [4.69, 9.17) is 0 Å². The van der Waals surface area contributed by atoms with Crippen molar-refractivity contribution in [3.63, 3.8) is 0 Å². The quantitative estimate of drug-likeness (QED) is 0.806. The molecule has 23 heavy (non-hydrogen) atoms. The van der Waals surface area contributed by atoms with E-state index in [1.807, 2.05) is 6.07 Å². The second-order valence-corrected chi connectivity index (χ2v) is 8.58. The summed E-state index contributed by atoms with van der Waals surface area (Å²) in [5.41, 5.74) is 0.424. The molecule has 1 aromatic heterocycles. The Labute approximate surface area is 144 Å². The van der Waals surface area contributed by atoms with Gasteiger partial charge in [0, 0.05) is 10.5 Å². The molecule has 4 nitrogen and oxygen atoms in total. The first-order valence-corrected chi connectivity index (χ1v) is 9.01. The van der Waals surface area contributed by atoms with Crippen LogP contribution in [0.4, 0.5) is 0 Å². The predicted molar refractivity (Wildman–Crippen MR) is 97.0 cm³/mol. The number of fused-ring (bicyclic) bond motifs is 1. The van der Waals surface area contributed by atoms with Crippen LogP contribution in [0.3, 0.4) is 0 Å². The first-order chi connectivity index (χ1) is 10.8. The van der Waals surface area contributed by atoms with E-state index in [2.05, 4.69) is 41.7 Å². The number of hydrogen-bond donors (Lipinski definition) is 1. The molecule has 0 spiro atoms. The van der Waals surface area contributed by atoms with E-state index in [0.717, 1.165) is 30.2 Å². The van der Waals surface area contributed by atoms with Gasteiger partial charge in [0.1, 0.15) is 0 Å². The number of rotatable bonds is 1. The van der Waals surface area contributed by atoms with Crippen LogP contribution in [-0.2, 0) is 0 Å². The summed E-state index contributed by atoms with van der Waals surface area (Å²) < 4.78 is 2.28. The minimum atomic E-state index is -0.288. The van der Waals surface area contributed by atoms with Gasteiger partial charge in [-0.1, -0.05) is 36.7 Å². The fourth-order valence-electron chi connectivity index (χ4n) is 3.73. The molecule has 2 aromatic rings. The Morgan fingerprint density at radius 1 is 1.13 bits per heavy atom. The van der Waals surface area contributed by atoms with Crippen molar-refractivity contribution in [3.05, 3.63) is 43.5 Å². The van der Waals surface area contributed by atoms with Gasteiger partial charge < -0.3 is 4.98 Å². The number of nitrogens with zero attached hydrogens (tertiary/aromatic N) is 1. The van der Waals surface area contributed by atoms with Crippen molar-refractivity contribution in [1.82, 2.24) is 9.55 Å². The molecule has 1 N–H and O–H groups in total. The summed E-state index contributed by atoms with van der Waals surface area (Å²) in [5.74, 6) is 0.656. The second kappa shape index (κ2) is 5.93. The Morgan fingerprint density at radius 3 is 2.39 bits per heavy atom. The molecule has 1 aliphatic rings. The minimum absolute atomic E-state index is 0.00762. The molecule has 0 amide bonds. The van der Waals surface area contributed by atoms with Gasteiger partial charge in [0.15, 0.2) is 0 Å². The zero-order chi connectivity index (χ0) is 16.8. The number of aromatic nitrogens is 2. The second-order valence-electron chi connectivity index (χ2n) is 7.67. The van der Waals surface area contributed by atoms with Gasteiger partial charge in [-0.15, -0.1) is 0 Å². The first kappa shape index (κ1) is 16.5. The average molecular weight is 379 g/mol. The van der Waals surface area contributed by atoms with Gasteiger partial charge in [0.2, 0.25) is 0 Å². The molecule has 1 fully saturated rings. The van der Waals surface area contributed by atoms with Crippen molar-refractivity contribution in [2.75, 3.05) is 0 Å². The van der Waals surface area contributed by atoms with E-state index < -0.39 is 0 Å². The van der Waals surface area contributed by atoms with Gasteiger partial charge in [-0.2, -0.15) is 0 Å². The van der Waals surface area contributed by atoms with Crippen LogP contribution in [0.15, 0.2) is 32.3 Å². The summed E-state index contributed by atoms with van der Waals surface area (Å²) in [6.45, 7) is 6.81. The highest BCUT2D eigenvalue weighted by molar-refractivity contribution is 9.10. The van der Waals surface area contributed by atoms with Crippen LogP contribution in [0.2, 0.25) is 0 Å². The van der Waals surface area contributed by atoms with Gasteiger partial charge in [-0.05, 0) is 55.2 Å². The third-order valence-electron chi connectivity index (χ3n) is 5.18. The van der Waals surface area contributed by atoms with Crippen molar-refractivity contribution in [1.29, 1.82) is 0 Å². The highest BCUT2D eigenvalue weighted by atomic mass is 79.9. The van der Waals surface area contributed by atoms with E-state index in [1.165, 1.54) is 4.57 Å². The van der Waals surface area contributed by atoms with E-state index in [-0.39, 0.29) is 22.7 Å². The van der Waals surface area contributed by atoms with Gasteiger partial charge >= 0.3 is 5.69 Å². The highest BCUT2D eigenvalue weighted by Crippen LogP contribution is 2.40. The van der Waals surface area contributed by atoms with Gasteiger partial charge in [-0.25, -0.2) is 4.79 Å². The maximum atomic E-state index is 12.8. The Morgan fingerprint density at radius 2 is 1.78 bits per heavy atom. The molecule has 1 aliphatic carbocycles. The third-order valence-corrected chi connectivity index (χ3v) is 5.67. The van der Waals surface area contributed by atoms with Gasteiger partial charge in [-0.3, -0.25) is 9.36 Å². The maximum Gasteiger partial charge on any atom is 0.329 e. The maximum absolute atomic E-state index is 12.8. The van der Waals surface area contributed by atoms with Crippen LogP contribution in [0.5, 0.6) is 0 Å². The van der Waals surface area contributed by atoms with Crippen LogP contribution < -0.4 is 11.2 Å². The van der Waals surface area contributed by atoms with Crippen molar-refractivity contribution in [2.45, 2.75) is 52.5 Å².